The summed E-state index contributed by atoms with van der Waals surface area (Å²) in [7, 11) is -9.92. The third kappa shape index (κ3) is 76.1. The maximum absolute atomic E-state index is 13.1. The number of aliphatic hydroxyl groups is 1. The lowest BCUT2D eigenvalue weighted by Gasteiger charge is -2.21. The van der Waals surface area contributed by atoms with Crippen LogP contribution < -0.4 is 0 Å². The van der Waals surface area contributed by atoms with Crippen LogP contribution in [-0.2, 0) is 65.4 Å². The molecule has 0 spiro atoms. The van der Waals surface area contributed by atoms with E-state index in [2.05, 4.69) is 27.7 Å². The number of phosphoric ester groups is 2. The number of ether oxygens (including phenoxy) is 4. The second-order valence-corrected chi connectivity index (χ2v) is 32.4. The molecule has 0 aromatic rings. The standard InChI is InChI=1S/C82H160O17P2/c1-5-9-13-17-21-25-29-32-34-36-38-39-41-43-46-49-53-57-61-65-69-82(87)99-78(73-93-80(85)67-63-59-55-51-47-45-42-40-37-35-33-30-26-22-18-14-10-6-2)75-97-101(90,91)95-71-76(83)70-94-100(88,89)96-74-77(72-92-79(84)66-62-58-54-50-28-24-20-16-12-8-4)98-81(86)68-64-60-56-52-48-44-31-27-23-19-15-11-7-3/h76-78,83H,5-75H2,1-4H3,(H,88,89)(H,90,91)/t76-,77+,78+/m0/s1. The predicted octanol–water partition coefficient (Wildman–Crippen LogP) is 25.0. The molecule has 2 unspecified atom stereocenters. The molecule has 0 aliphatic rings. The van der Waals surface area contributed by atoms with Gasteiger partial charge < -0.3 is 33.8 Å². The fraction of sp³-hybridized carbons (Fsp3) is 0.951. The first-order chi connectivity index (χ1) is 49.2. The molecule has 5 atom stereocenters. The maximum atomic E-state index is 13.1. The van der Waals surface area contributed by atoms with Gasteiger partial charge in [-0.2, -0.15) is 0 Å². The fourth-order valence-corrected chi connectivity index (χ4v) is 14.4. The minimum atomic E-state index is -4.96. The number of carbonyl (C=O) groups excluding carboxylic acids is 4. The summed E-state index contributed by atoms with van der Waals surface area (Å²) in [5, 5.41) is 10.6. The van der Waals surface area contributed by atoms with Gasteiger partial charge in [-0.1, -0.05) is 394 Å². The zero-order chi connectivity index (χ0) is 73.9. The van der Waals surface area contributed by atoms with E-state index in [0.29, 0.717) is 25.7 Å². The highest BCUT2D eigenvalue weighted by Gasteiger charge is 2.30. The van der Waals surface area contributed by atoms with Gasteiger partial charge in [-0.05, 0) is 25.7 Å². The lowest BCUT2D eigenvalue weighted by molar-refractivity contribution is -0.161. The number of aliphatic hydroxyl groups excluding tert-OH is 1. The van der Waals surface area contributed by atoms with Crippen LogP contribution in [0.3, 0.4) is 0 Å². The SMILES string of the molecule is CCCCCCCCCCCCCCCCCCCCCCC(=O)O[C@H](COC(=O)CCCCCCCCCCCCCCCCCCCC)COP(=O)(O)OC[C@@H](O)COP(=O)(O)OC[C@@H](COC(=O)CCCCCCCCCCCC)OC(=O)CCCCCCCCCCCCCCC. The molecule has 3 N–H and O–H groups in total. The van der Waals surface area contributed by atoms with Crippen LogP contribution in [-0.4, -0.2) is 96.7 Å². The molecule has 600 valence electrons. The van der Waals surface area contributed by atoms with Crippen LogP contribution in [0.1, 0.15) is 445 Å². The second kappa shape index (κ2) is 76.3. The van der Waals surface area contributed by atoms with Crippen molar-refractivity contribution in [2.75, 3.05) is 39.6 Å². The van der Waals surface area contributed by atoms with Crippen molar-refractivity contribution >= 4 is 39.5 Å². The zero-order valence-electron chi connectivity index (χ0n) is 65.9. The van der Waals surface area contributed by atoms with Crippen LogP contribution in [0, 0.1) is 0 Å². The molecule has 0 aromatic heterocycles. The zero-order valence-corrected chi connectivity index (χ0v) is 67.7. The number of esters is 4. The predicted molar refractivity (Wildman–Crippen MR) is 414 cm³/mol. The highest BCUT2D eigenvalue weighted by Crippen LogP contribution is 2.45. The third-order valence-electron chi connectivity index (χ3n) is 19.4. The fourth-order valence-electron chi connectivity index (χ4n) is 12.8. The molecular formula is C82H160O17P2. The molecular weight excluding hydrogens is 1320 g/mol. The normalized spacial score (nSPS) is 13.8. The Morgan fingerprint density at radius 2 is 0.396 bits per heavy atom. The van der Waals surface area contributed by atoms with Crippen LogP contribution in [0.15, 0.2) is 0 Å². The van der Waals surface area contributed by atoms with Crippen LogP contribution in [0.25, 0.3) is 0 Å². The van der Waals surface area contributed by atoms with Gasteiger partial charge in [-0.25, -0.2) is 9.13 Å². The van der Waals surface area contributed by atoms with Crippen LogP contribution in [0.4, 0.5) is 0 Å². The summed E-state index contributed by atoms with van der Waals surface area (Å²) in [6.07, 6.45) is 69.4. The Balaban J connectivity index is 5.22. The maximum Gasteiger partial charge on any atom is 0.472 e. The molecule has 0 bridgehead atoms. The Morgan fingerprint density at radius 3 is 0.584 bits per heavy atom. The number of carbonyl (C=O) groups is 4. The Labute approximate surface area is 619 Å². The van der Waals surface area contributed by atoms with Crippen molar-refractivity contribution in [3.05, 3.63) is 0 Å². The first kappa shape index (κ1) is 99.1. The summed E-state index contributed by atoms with van der Waals surface area (Å²) in [6, 6.07) is 0. The molecule has 0 radical (unpaired) electrons. The van der Waals surface area contributed by atoms with Gasteiger partial charge in [0.1, 0.15) is 19.3 Å². The molecule has 101 heavy (non-hydrogen) atoms. The summed E-state index contributed by atoms with van der Waals surface area (Å²) in [4.78, 5) is 73.0. The highest BCUT2D eigenvalue weighted by molar-refractivity contribution is 7.47. The molecule has 0 fully saturated rings. The second-order valence-electron chi connectivity index (χ2n) is 29.5. The van der Waals surface area contributed by atoms with E-state index < -0.39 is 97.5 Å². The van der Waals surface area contributed by atoms with Gasteiger partial charge in [0.2, 0.25) is 0 Å². The van der Waals surface area contributed by atoms with Crippen LogP contribution in [0.2, 0.25) is 0 Å². The van der Waals surface area contributed by atoms with Gasteiger partial charge in [0.15, 0.2) is 12.2 Å². The van der Waals surface area contributed by atoms with Gasteiger partial charge in [0.25, 0.3) is 0 Å². The number of unbranched alkanes of at least 4 members (excludes halogenated alkanes) is 57. The highest BCUT2D eigenvalue weighted by atomic mass is 31.2. The quantitative estimate of drug-likeness (QED) is 0.0222. The van der Waals surface area contributed by atoms with Gasteiger partial charge in [-0.15, -0.1) is 0 Å². The lowest BCUT2D eigenvalue weighted by atomic mass is 10.0. The molecule has 0 aromatic carbocycles. The van der Waals surface area contributed by atoms with Crippen molar-refractivity contribution < 1.29 is 80.2 Å². The van der Waals surface area contributed by atoms with Crippen molar-refractivity contribution in [3.63, 3.8) is 0 Å². The van der Waals surface area contributed by atoms with Crippen molar-refractivity contribution in [2.24, 2.45) is 0 Å². The largest absolute Gasteiger partial charge is 0.472 e. The van der Waals surface area contributed by atoms with E-state index in [0.717, 1.165) is 89.9 Å². The Bertz CT molecular complexity index is 1910. The van der Waals surface area contributed by atoms with Crippen LogP contribution >= 0.6 is 15.6 Å². The summed E-state index contributed by atoms with van der Waals surface area (Å²) < 4.78 is 68.7. The Hall–Kier alpha value is -1.94. The summed E-state index contributed by atoms with van der Waals surface area (Å²) in [5.41, 5.74) is 0. The third-order valence-corrected chi connectivity index (χ3v) is 21.3. The van der Waals surface area contributed by atoms with E-state index in [-0.39, 0.29) is 25.7 Å². The molecule has 0 heterocycles. The Kier molecular flexibility index (Phi) is 74.8. The van der Waals surface area contributed by atoms with Gasteiger partial charge in [-0.3, -0.25) is 37.3 Å². The topological polar surface area (TPSA) is 237 Å². The van der Waals surface area contributed by atoms with Crippen LogP contribution in [0.5, 0.6) is 0 Å². The van der Waals surface area contributed by atoms with Crippen molar-refractivity contribution in [2.45, 2.75) is 463 Å². The minimum absolute atomic E-state index is 0.108. The first-order valence-corrected chi connectivity index (χ1v) is 45.8. The molecule has 0 aliphatic heterocycles. The van der Waals surface area contributed by atoms with Crippen molar-refractivity contribution in [1.29, 1.82) is 0 Å². The summed E-state index contributed by atoms with van der Waals surface area (Å²) >= 11 is 0. The van der Waals surface area contributed by atoms with Gasteiger partial charge in [0.05, 0.1) is 26.4 Å². The average molecular weight is 1480 g/mol. The van der Waals surface area contributed by atoms with E-state index in [9.17, 15) is 43.2 Å². The van der Waals surface area contributed by atoms with Crippen molar-refractivity contribution in [1.82, 2.24) is 0 Å². The smallest absolute Gasteiger partial charge is 0.462 e. The van der Waals surface area contributed by atoms with E-state index in [1.165, 1.54) is 276 Å². The first-order valence-electron chi connectivity index (χ1n) is 42.8. The number of hydrogen-bond acceptors (Lipinski definition) is 15. The number of rotatable bonds is 83. The molecule has 17 nitrogen and oxygen atoms in total. The molecule has 0 saturated heterocycles. The lowest BCUT2D eigenvalue weighted by Crippen LogP contribution is -2.30. The van der Waals surface area contributed by atoms with Gasteiger partial charge >= 0.3 is 39.5 Å². The van der Waals surface area contributed by atoms with Gasteiger partial charge in [0, 0.05) is 25.7 Å². The minimum Gasteiger partial charge on any atom is -0.462 e. The molecule has 19 heteroatoms. The summed E-state index contributed by atoms with van der Waals surface area (Å²) in [6.45, 7) is 5.03. The number of phosphoric acid groups is 2. The molecule has 0 saturated carbocycles. The molecule has 0 aliphatic carbocycles. The molecule has 0 rings (SSSR count). The van der Waals surface area contributed by atoms with E-state index >= 15 is 0 Å². The van der Waals surface area contributed by atoms with E-state index in [4.69, 9.17) is 37.0 Å². The van der Waals surface area contributed by atoms with Crippen molar-refractivity contribution in [3.8, 4) is 0 Å². The summed E-state index contributed by atoms with van der Waals surface area (Å²) in [5.74, 6) is -2.10. The van der Waals surface area contributed by atoms with E-state index in [1.807, 2.05) is 0 Å². The average Bonchev–Trinajstić information content (AvgIpc) is 0.970. The van der Waals surface area contributed by atoms with E-state index in [1.54, 1.807) is 0 Å². The Morgan fingerprint density at radius 1 is 0.238 bits per heavy atom. The molecule has 0 amide bonds. The monoisotopic (exact) mass is 1480 g/mol. The number of hydrogen-bond donors (Lipinski definition) is 3.